The van der Waals surface area contributed by atoms with Crippen molar-refractivity contribution in [3.8, 4) is 0 Å². The van der Waals surface area contributed by atoms with Crippen LogP contribution in [0.4, 0.5) is 5.69 Å². The summed E-state index contributed by atoms with van der Waals surface area (Å²) in [4.78, 5) is 28.3. The Morgan fingerprint density at radius 2 is 2.07 bits per heavy atom. The van der Waals surface area contributed by atoms with Gasteiger partial charge in [-0.05, 0) is 61.5 Å². The standard InChI is InChI=1S/C20H21N3O3S/c1-13-5-3-6-15(11-13)21-18(24)14-7-8-16-17(12-14)22-20(27)23(19(16)25)9-4-10-26-2/h3,5-8,11-12H,4,9-10H2,1-2H3,(H,21,24)(H,22,27). The molecule has 0 radical (unpaired) electrons. The number of carbonyl (C=O) groups excluding carboxylic acids is 1. The summed E-state index contributed by atoms with van der Waals surface area (Å²) in [6, 6.07) is 12.5. The number of aromatic nitrogens is 2. The van der Waals surface area contributed by atoms with Crippen LogP contribution in [0.2, 0.25) is 0 Å². The van der Waals surface area contributed by atoms with E-state index in [0.717, 1.165) is 11.3 Å². The number of nitrogens with zero attached hydrogens (tertiary/aromatic N) is 1. The minimum atomic E-state index is -0.244. The summed E-state index contributed by atoms with van der Waals surface area (Å²) in [6.45, 7) is 2.99. The van der Waals surface area contributed by atoms with E-state index in [-0.39, 0.29) is 11.5 Å². The average Bonchev–Trinajstić information content (AvgIpc) is 2.64. The highest BCUT2D eigenvalue weighted by molar-refractivity contribution is 7.71. The third kappa shape index (κ3) is 4.32. The number of aromatic amines is 1. The fraction of sp³-hybridized carbons (Fsp3) is 0.250. The molecule has 1 heterocycles. The molecule has 0 aliphatic heterocycles. The molecule has 1 aromatic heterocycles. The minimum absolute atomic E-state index is 0.171. The molecular formula is C20H21N3O3S. The fourth-order valence-electron chi connectivity index (χ4n) is 2.89. The third-order valence-electron chi connectivity index (χ3n) is 4.25. The molecule has 0 spiro atoms. The average molecular weight is 383 g/mol. The van der Waals surface area contributed by atoms with E-state index in [1.165, 1.54) is 4.57 Å². The van der Waals surface area contributed by atoms with E-state index < -0.39 is 0 Å². The second kappa shape index (κ2) is 8.28. The molecule has 0 saturated carbocycles. The highest BCUT2D eigenvalue weighted by atomic mass is 32.1. The second-order valence-electron chi connectivity index (χ2n) is 6.32. The van der Waals surface area contributed by atoms with Gasteiger partial charge < -0.3 is 15.0 Å². The molecule has 0 saturated heterocycles. The minimum Gasteiger partial charge on any atom is -0.385 e. The number of anilines is 1. The summed E-state index contributed by atoms with van der Waals surface area (Å²) in [7, 11) is 1.62. The van der Waals surface area contributed by atoms with Gasteiger partial charge in [-0.25, -0.2) is 0 Å². The summed E-state index contributed by atoms with van der Waals surface area (Å²) >= 11 is 5.31. The van der Waals surface area contributed by atoms with Crippen LogP contribution in [0.15, 0.2) is 47.3 Å². The maximum atomic E-state index is 12.7. The van der Waals surface area contributed by atoms with Crippen molar-refractivity contribution < 1.29 is 9.53 Å². The van der Waals surface area contributed by atoms with E-state index >= 15 is 0 Å². The Kier molecular flexibility index (Phi) is 5.83. The van der Waals surface area contributed by atoms with Crippen LogP contribution < -0.4 is 10.9 Å². The van der Waals surface area contributed by atoms with E-state index in [2.05, 4.69) is 10.3 Å². The van der Waals surface area contributed by atoms with Crippen LogP contribution >= 0.6 is 12.2 Å². The van der Waals surface area contributed by atoms with Gasteiger partial charge in [0, 0.05) is 31.5 Å². The van der Waals surface area contributed by atoms with Crippen LogP contribution in [0.5, 0.6) is 0 Å². The maximum Gasteiger partial charge on any atom is 0.262 e. The number of methoxy groups -OCH3 is 1. The van der Waals surface area contributed by atoms with E-state index in [4.69, 9.17) is 17.0 Å². The number of H-pyrrole nitrogens is 1. The van der Waals surface area contributed by atoms with Crippen molar-refractivity contribution >= 4 is 34.7 Å². The molecule has 3 rings (SSSR count). The predicted molar refractivity (Wildman–Crippen MR) is 109 cm³/mol. The summed E-state index contributed by atoms with van der Waals surface area (Å²) in [6.07, 6.45) is 0.691. The Balaban J connectivity index is 1.91. The molecule has 0 aliphatic rings. The lowest BCUT2D eigenvalue weighted by Crippen LogP contribution is -2.23. The number of hydrogen-bond acceptors (Lipinski definition) is 4. The number of hydrogen-bond donors (Lipinski definition) is 2. The number of rotatable bonds is 6. The molecule has 2 aromatic carbocycles. The van der Waals surface area contributed by atoms with Crippen LogP contribution in [-0.2, 0) is 11.3 Å². The highest BCUT2D eigenvalue weighted by Crippen LogP contribution is 2.15. The summed E-state index contributed by atoms with van der Waals surface area (Å²) < 4.78 is 6.88. The Bertz CT molecular complexity index is 1100. The van der Waals surface area contributed by atoms with Crippen LogP contribution in [0.3, 0.4) is 0 Å². The monoisotopic (exact) mass is 383 g/mol. The zero-order chi connectivity index (χ0) is 19.4. The van der Waals surface area contributed by atoms with Crippen molar-refractivity contribution in [2.24, 2.45) is 0 Å². The smallest absolute Gasteiger partial charge is 0.262 e. The quantitative estimate of drug-likeness (QED) is 0.503. The lowest BCUT2D eigenvalue weighted by atomic mass is 10.1. The van der Waals surface area contributed by atoms with Crippen LogP contribution in [0, 0.1) is 11.7 Å². The van der Waals surface area contributed by atoms with Gasteiger partial charge in [0.25, 0.3) is 11.5 Å². The van der Waals surface area contributed by atoms with E-state index in [0.29, 0.717) is 40.8 Å². The first kappa shape index (κ1) is 19.0. The van der Waals surface area contributed by atoms with Crippen molar-refractivity contribution in [2.45, 2.75) is 19.9 Å². The number of amides is 1. The molecule has 3 aromatic rings. The normalized spacial score (nSPS) is 10.9. The van der Waals surface area contributed by atoms with Crippen molar-refractivity contribution in [3.05, 3.63) is 68.7 Å². The van der Waals surface area contributed by atoms with Gasteiger partial charge in [-0.15, -0.1) is 0 Å². The first-order valence-corrected chi connectivity index (χ1v) is 9.04. The Labute approximate surface area is 161 Å². The fourth-order valence-corrected chi connectivity index (χ4v) is 3.18. The van der Waals surface area contributed by atoms with Gasteiger partial charge in [0.05, 0.1) is 10.9 Å². The van der Waals surface area contributed by atoms with Gasteiger partial charge in [-0.2, -0.15) is 0 Å². The molecular weight excluding hydrogens is 362 g/mol. The molecule has 0 atom stereocenters. The molecule has 0 aliphatic carbocycles. The SMILES string of the molecule is COCCCn1c(=S)[nH]c2cc(C(=O)Nc3cccc(C)c3)ccc2c1=O. The Morgan fingerprint density at radius 3 is 2.81 bits per heavy atom. The number of fused-ring (bicyclic) bond motifs is 1. The topological polar surface area (TPSA) is 76.1 Å². The van der Waals surface area contributed by atoms with Crippen LogP contribution in [-0.4, -0.2) is 29.2 Å². The Morgan fingerprint density at radius 1 is 1.26 bits per heavy atom. The highest BCUT2D eigenvalue weighted by Gasteiger charge is 2.11. The number of nitrogens with one attached hydrogen (secondary N) is 2. The van der Waals surface area contributed by atoms with Crippen molar-refractivity contribution in [1.29, 1.82) is 0 Å². The number of benzene rings is 2. The van der Waals surface area contributed by atoms with Gasteiger partial charge in [-0.3, -0.25) is 14.2 Å². The maximum absolute atomic E-state index is 12.7. The third-order valence-corrected chi connectivity index (χ3v) is 4.57. The van der Waals surface area contributed by atoms with E-state index in [1.807, 2.05) is 31.2 Å². The lowest BCUT2D eigenvalue weighted by Gasteiger charge is -2.10. The molecule has 0 unspecified atom stereocenters. The second-order valence-corrected chi connectivity index (χ2v) is 6.70. The first-order valence-electron chi connectivity index (χ1n) is 8.63. The lowest BCUT2D eigenvalue weighted by molar-refractivity contribution is 0.102. The van der Waals surface area contributed by atoms with Crippen LogP contribution in [0.25, 0.3) is 10.9 Å². The van der Waals surface area contributed by atoms with Crippen LogP contribution in [0.1, 0.15) is 22.3 Å². The predicted octanol–water partition coefficient (Wildman–Crippen LogP) is 3.66. The number of carbonyl (C=O) groups is 1. The molecule has 6 nitrogen and oxygen atoms in total. The van der Waals surface area contributed by atoms with Crippen molar-refractivity contribution in [3.63, 3.8) is 0 Å². The van der Waals surface area contributed by atoms with Gasteiger partial charge in [0.2, 0.25) is 0 Å². The summed E-state index contributed by atoms with van der Waals surface area (Å²) in [5.74, 6) is -0.244. The number of aryl methyl sites for hydroxylation is 1. The van der Waals surface area contributed by atoms with Gasteiger partial charge in [-0.1, -0.05) is 12.1 Å². The van der Waals surface area contributed by atoms with Crippen molar-refractivity contribution in [2.75, 3.05) is 19.0 Å². The molecule has 140 valence electrons. The largest absolute Gasteiger partial charge is 0.385 e. The first-order chi connectivity index (χ1) is 13.0. The molecule has 0 fully saturated rings. The van der Waals surface area contributed by atoms with Gasteiger partial charge >= 0.3 is 0 Å². The van der Waals surface area contributed by atoms with Gasteiger partial charge in [0.1, 0.15) is 0 Å². The van der Waals surface area contributed by atoms with Crippen molar-refractivity contribution in [1.82, 2.24) is 9.55 Å². The summed E-state index contributed by atoms with van der Waals surface area (Å²) in [5, 5.41) is 3.36. The molecule has 7 heteroatoms. The molecule has 1 amide bonds. The number of ether oxygens (including phenoxy) is 1. The Hall–Kier alpha value is -2.77. The summed E-state index contributed by atoms with van der Waals surface area (Å²) in [5.41, 5.74) is 2.61. The van der Waals surface area contributed by atoms with E-state index in [9.17, 15) is 9.59 Å². The van der Waals surface area contributed by atoms with Gasteiger partial charge in [0.15, 0.2) is 4.77 Å². The molecule has 27 heavy (non-hydrogen) atoms. The zero-order valence-corrected chi connectivity index (χ0v) is 16.1. The molecule has 2 N–H and O–H groups in total. The molecule has 0 bridgehead atoms. The zero-order valence-electron chi connectivity index (χ0n) is 15.2. The van der Waals surface area contributed by atoms with E-state index in [1.54, 1.807) is 25.3 Å².